The number of benzene rings is 1. The molecule has 0 amide bonds. The highest BCUT2D eigenvalue weighted by molar-refractivity contribution is 6.35. The summed E-state index contributed by atoms with van der Waals surface area (Å²) in [6.07, 6.45) is 2.01. The molecular weight excluding hydrogens is 403 g/mol. The maximum Gasteiger partial charge on any atom is 0.351 e. The summed E-state index contributed by atoms with van der Waals surface area (Å²) in [5.41, 5.74) is 0.348. The molecule has 0 aliphatic carbocycles. The van der Waals surface area contributed by atoms with Crippen molar-refractivity contribution < 1.29 is 23.8 Å². The van der Waals surface area contributed by atoms with E-state index < -0.39 is 24.6 Å². The lowest BCUT2D eigenvalue weighted by Crippen LogP contribution is -2.32. The molecule has 0 spiro atoms. The zero-order valence-corrected chi connectivity index (χ0v) is 16.8. The smallest absolute Gasteiger partial charge is 0.351 e. The van der Waals surface area contributed by atoms with Crippen LogP contribution in [0.5, 0.6) is 5.75 Å². The Labute approximate surface area is 167 Å². The summed E-state index contributed by atoms with van der Waals surface area (Å²) in [5, 5.41) is 0.964. The zero-order chi connectivity index (χ0) is 19.7. The maximum absolute atomic E-state index is 12.1. The Bertz CT molecular complexity index is 713. The van der Waals surface area contributed by atoms with Crippen molar-refractivity contribution in [2.24, 2.45) is 0 Å². The molecule has 0 aliphatic heterocycles. The van der Waals surface area contributed by atoms with Gasteiger partial charge in [0.05, 0.1) is 11.6 Å². The summed E-state index contributed by atoms with van der Waals surface area (Å²) in [5.74, 6) is -1.23. The standard InChI is InChI=1S/C18H19Cl3O5/c1-4-6-13(20)11(3)17(18(23)24-5-2)26-16(22)10-25-15-8-7-12(19)9-14(15)21/h4,6-9,17H,5,10H2,1-3H3/b6-4+,13-11-. The van der Waals surface area contributed by atoms with E-state index in [1.54, 1.807) is 39.0 Å². The molecule has 1 unspecified atom stereocenters. The van der Waals surface area contributed by atoms with E-state index in [0.717, 1.165) is 0 Å². The average Bonchev–Trinajstić information content (AvgIpc) is 2.58. The van der Waals surface area contributed by atoms with Crippen LogP contribution in [-0.4, -0.2) is 31.3 Å². The molecule has 142 valence electrons. The van der Waals surface area contributed by atoms with Crippen molar-refractivity contribution in [3.63, 3.8) is 0 Å². The summed E-state index contributed by atoms with van der Waals surface area (Å²) in [4.78, 5) is 24.2. The van der Waals surface area contributed by atoms with Gasteiger partial charge in [0, 0.05) is 10.1 Å². The normalized spacial score (nSPS) is 13.2. The highest BCUT2D eigenvalue weighted by Crippen LogP contribution is 2.27. The highest BCUT2D eigenvalue weighted by Gasteiger charge is 2.28. The van der Waals surface area contributed by atoms with Gasteiger partial charge in [0.2, 0.25) is 6.10 Å². The van der Waals surface area contributed by atoms with Gasteiger partial charge in [0.1, 0.15) is 5.75 Å². The average molecular weight is 422 g/mol. The van der Waals surface area contributed by atoms with Crippen LogP contribution in [0.3, 0.4) is 0 Å². The molecule has 0 N–H and O–H groups in total. The Kier molecular flexibility index (Phi) is 9.55. The quantitative estimate of drug-likeness (QED) is 0.439. The van der Waals surface area contributed by atoms with Gasteiger partial charge in [-0.25, -0.2) is 9.59 Å². The molecule has 0 radical (unpaired) electrons. The van der Waals surface area contributed by atoms with E-state index in [1.165, 1.54) is 12.1 Å². The lowest BCUT2D eigenvalue weighted by molar-refractivity contribution is -0.166. The van der Waals surface area contributed by atoms with Crippen LogP contribution < -0.4 is 4.74 Å². The third-order valence-corrected chi connectivity index (χ3v) is 4.03. The third kappa shape index (κ3) is 6.90. The van der Waals surface area contributed by atoms with Gasteiger partial charge in [0.15, 0.2) is 6.61 Å². The molecular formula is C18H19Cl3O5. The molecule has 5 nitrogen and oxygen atoms in total. The van der Waals surface area contributed by atoms with Gasteiger partial charge in [-0.1, -0.05) is 40.9 Å². The number of halogens is 3. The number of esters is 2. The van der Waals surface area contributed by atoms with Gasteiger partial charge in [-0.15, -0.1) is 0 Å². The number of hydrogen-bond acceptors (Lipinski definition) is 5. The fourth-order valence-corrected chi connectivity index (χ4v) is 2.52. The summed E-state index contributed by atoms with van der Waals surface area (Å²) in [7, 11) is 0. The molecule has 0 fully saturated rings. The van der Waals surface area contributed by atoms with Gasteiger partial charge in [-0.05, 0) is 50.6 Å². The molecule has 26 heavy (non-hydrogen) atoms. The van der Waals surface area contributed by atoms with Crippen LogP contribution in [-0.2, 0) is 19.1 Å². The minimum Gasteiger partial charge on any atom is -0.480 e. The second-order valence-corrected chi connectivity index (χ2v) is 6.27. The fraction of sp³-hybridized carbons (Fsp3) is 0.333. The molecule has 1 rings (SSSR count). The van der Waals surface area contributed by atoms with Gasteiger partial charge in [0.25, 0.3) is 0 Å². The Hall–Kier alpha value is -1.69. The Morgan fingerprint density at radius 1 is 1.27 bits per heavy atom. The van der Waals surface area contributed by atoms with E-state index in [9.17, 15) is 9.59 Å². The molecule has 0 aromatic heterocycles. The predicted octanol–water partition coefficient (Wildman–Crippen LogP) is 4.94. The second-order valence-electron chi connectivity index (χ2n) is 5.02. The molecule has 0 saturated heterocycles. The first-order valence-corrected chi connectivity index (χ1v) is 8.86. The third-order valence-electron chi connectivity index (χ3n) is 3.07. The zero-order valence-electron chi connectivity index (χ0n) is 14.6. The number of allylic oxidation sites excluding steroid dienone is 3. The minimum atomic E-state index is -1.27. The Morgan fingerprint density at radius 3 is 2.54 bits per heavy atom. The summed E-state index contributed by atoms with van der Waals surface area (Å²) in [6.45, 7) is 4.68. The van der Waals surface area contributed by atoms with Gasteiger partial charge in [-0.2, -0.15) is 0 Å². The van der Waals surface area contributed by atoms with Gasteiger partial charge >= 0.3 is 11.9 Å². The van der Waals surface area contributed by atoms with E-state index >= 15 is 0 Å². The molecule has 0 aliphatic rings. The number of carbonyl (C=O) groups is 2. The molecule has 1 aromatic rings. The van der Waals surface area contributed by atoms with Gasteiger partial charge < -0.3 is 14.2 Å². The summed E-state index contributed by atoms with van der Waals surface area (Å²) in [6, 6.07) is 4.57. The van der Waals surface area contributed by atoms with Gasteiger partial charge in [-0.3, -0.25) is 0 Å². The summed E-state index contributed by atoms with van der Waals surface area (Å²) >= 11 is 17.9. The number of carbonyl (C=O) groups excluding carboxylic acids is 2. The van der Waals surface area contributed by atoms with Crippen LogP contribution in [0.1, 0.15) is 20.8 Å². The number of rotatable bonds is 8. The molecule has 1 aromatic carbocycles. The monoisotopic (exact) mass is 420 g/mol. The molecule has 8 heteroatoms. The van der Waals surface area contributed by atoms with Crippen molar-refractivity contribution in [2.45, 2.75) is 26.9 Å². The maximum atomic E-state index is 12.1. The van der Waals surface area contributed by atoms with E-state index in [0.29, 0.717) is 10.6 Å². The fourth-order valence-electron chi connectivity index (χ4n) is 1.83. The largest absolute Gasteiger partial charge is 0.480 e. The molecule has 1 atom stereocenters. The van der Waals surface area contributed by atoms with Crippen LogP contribution in [0.15, 0.2) is 41.0 Å². The molecule has 0 saturated carbocycles. The number of ether oxygens (including phenoxy) is 3. The molecule has 0 bridgehead atoms. The van der Waals surface area contributed by atoms with E-state index in [2.05, 4.69) is 0 Å². The van der Waals surface area contributed by atoms with Crippen LogP contribution in [0.2, 0.25) is 10.0 Å². The van der Waals surface area contributed by atoms with E-state index in [4.69, 9.17) is 49.0 Å². The van der Waals surface area contributed by atoms with Crippen molar-refractivity contribution in [1.29, 1.82) is 0 Å². The minimum absolute atomic E-state index is 0.137. The Balaban J connectivity index is 2.84. The van der Waals surface area contributed by atoms with E-state index in [-0.39, 0.29) is 22.4 Å². The first-order valence-electron chi connectivity index (χ1n) is 7.73. The lowest BCUT2D eigenvalue weighted by atomic mass is 10.1. The SMILES string of the molecule is C/C=C/C(Cl)=C(\C)C(OC(=O)COc1ccc(Cl)cc1Cl)C(=O)OCC. The first-order chi connectivity index (χ1) is 12.3. The van der Waals surface area contributed by atoms with Crippen molar-refractivity contribution >= 4 is 46.7 Å². The summed E-state index contributed by atoms with van der Waals surface area (Å²) < 4.78 is 15.4. The highest BCUT2D eigenvalue weighted by atomic mass is 35.5. The predicted molar refractivity (Wildman–Crippen MR) is 102 cm³/mol. The van der Waals surface area contributed by atoms with Crippen LogP contribution >= 0.6 is 34.8 Å². The van der Waals surface area contributed by atoms with Crippen molar-refractivity contribution in [3.8, 4) is 5.75 Å². The molecule has 0 heterocycles. The lowest BCUT2D eigenvalue weighted by Gasteiger charge is -2.18. The number of hydrogen-bond donors (Lipinski definition) is 0. The van der Waals surface area contributed by atoms with Crippen molar-refractivity contribution in [1.82, 2.24) is 0 Å². The van der Waals surface area contributed by atoms with Crippen LogP contribution in [0.25, 0.3) is 0 Å². The van der Waals surface area contributed by atoms with Crippen molar-refractivity contribution in [3.05, 3.63) is 51.0 Å². The topological polar surface area (TPSA) is 61.8 Å². The van der Waals surface area contributed by atoms with Crippen LogP contribution in [0, 0.1) is 0 Å². The second kappa shape index (κ2) is 11.1. The van der Waals surface area contributed by atoms with Crippen LogP contribution in [0.4, 0.5) is 0 Å². The van der Waals surface area contributed by atoms with E-state index in [1.807, 2.05) is 0 Å². The Morgan fingerprint density at radius 2 is 1.96 bits per heavy atom. The first kappa shape index (κ1) is 22.4. The van der Waals surface area contributed by atoms with Crippen molar-refractivity contribution in [2.75, 3.05) is 13.2 Å².